The van der Waals surface area contributed by atoms with Gasteiger partial charge in [0.2, 0.25) is 0 Å². The van der Waals surface area contributed by atoms with Crippen molar-refractivity contribution < 1.29 is 0 Å². The molecule has 0 N–H and O–H groups in total. The Bertz CT molecular complexity index is 958. The van der Waals surface area contributed by atoms with Gasteiger partial charge in [0.25, 0.3) is 0 Å². The summed E-state index contributed by atoms with van der Waals surface area (Å²) < 4.78 is 0. The zero-order valence-electron chi connectivity index (χ0n) is 17.9. The van der Waals surface area contributed by atoms with E-state index in [9.17, 15) is 0 Å². The van der Waals surface area contributed by atoms with Crippen LogP contribution in [0.25, 0.3) is 29.3 Å². The normalized spacial score (nSPS) is 11.4. The summed E-state index contributed by atoms with van der Waals surface area (Å²) in [6, 6.07) is 14.0. The lowest BCUT2D eigenvalue weighted by atomic mass is 10.1. The van der Waals surface area contributed by atoms with Gasteiger partial charge < -0.3 is 0 Å². The van der Waals surface area contributed by atoms with Crippen LogP contribution in [0, 0.1) is 0 Å². The monoisotopic (exact) mass is 470 g/mol. The number of hydrogen-bond donors (Lipinski definition) is 0. The molecule has 0 bridgehead atoms. The molecule has 158 valence electrons. The van der Waals surface area contributed by atoms with Gasteiger partial charge in [0.05, 0.1) is 0 Å². The van der Waals surface area contributed by atoms with Crippen LogP contribution in [0.4, 0.5) is 0 Å². The second-order valence-electron chi connectivity index (χ2n) is 7.79. The molecule has 0 aromatic carbocycles. The van der Waals surface area contributed by atoms with Crippen molar-refractivity contribution in [1.29, 1.82) is 0 Å². The Hall–Kier alpha value is -1.20. The lowest BCUT2D eigenvalue weighted by molar-refractivity contribution is 0.719. The van der Waals surface area contributed by atoms with E-state index in [0.29, 0.717) is 0 Å². The van der Waals surface area contributed by atoms with E-state index in [1.54, 1.807) is 0 Å². The Kier molecular flexibility index (Phi) is 8.00. The summed E-state index contributed by atoms with van der Waals surface area (Å²) in [5, 5.41) is 4.52. The van der Waals surface area contributed by atoms with Crippen molar-refractivity contribution in [3.05, 3.63) is 58.3 Å². The molecule has 4 heteroatoms. The molecule has 4 rings (SSSR count). The Morgan fingerprint density at radius 3 is 1.40 bits per heavy atom. The molecule has 0 saturated carbocycles. The van der Waals surface area contributed by atoms with E-state index in [1.165, 1.54) is 91.8 Å². The summed E-state index contributed by atoms with van der Waals surface area (Å²) in [5.41, 5.74) is 3.06. The maximum atomic E-state index is 2.33. The molecule has 0 aliphatic heterocycles. The third-order valence-corrected chi connectivity index (χ3v) is 10.1. The molecule has 0 aliphatic rings. The fourth-order valence-corrected chi connectivity index (χ4v) is 8.15. The predicted octanol–water partition coefficient (Wildman–Crippen LogP) is 10.4. The van der Waals surface area contributed by atoms with Crippen LogP contribution in [0.1, 0.15) is 63.5 Å². The molecule has 0 spiro atoms. The van der Waals surface area contributed by atoms with Gasteiger partial charge in [0.15, 0.2) is 0 Å². The van der Waals surface area contributed by atoms with Crippen molar-refractivity contribution in [2.45, 2.75) is 65.2 Å². The quantitative estimate of drug-likeness (QED) is 0.191. The molecule has 4 aromatic heterocycles. The predicted molar refractivity (Wildman–Crippen MR) is 141 cm³/mol. The van der Waals surface area contributed by atoms with E-state index in [4.69, 9.17) is 0 Å². The average molecular weight is 471 g/mol. The minimum atomic E-state index is 1.21. The maximum absolute atomic E-state index is 2.33. The second-order valence-corrected chi connectivity index (χ2v) is 11.8. The molecule has 4 aromatic rings. The maximum Gasteiger partial charge on any atom is 0.0474 e. The number of rotatable bonds is 11. The molecule has 0 unspecified atom stereocenters. The molecule has 4 heterocycles. The first-order chi connectivity index (χ1) is 14.8. The van der Waals surface area contributed by atoms with E-state index >= 15 is 0 Å². The highest BCUT2D eigenvalue weighted by Gasteiger charge is 2.14. The van der Waals surface area contributed by atoms with Gasteiger partial charge in [0.1, 0.15) is 0 Å². The Labute approximate surface area is 197 Å². The van der Waals surface area contributed by atoms with Crippen LogP contribution < -0.4 is 0 Å². The number of hydrogen-bond acceptors (Lipinski definition) is 4. The van der Waals surface area contributed by atoms with Crippen LogP contribution in [0.15, 0.2) is 47.2 Å². The minimum absolute atomic E-state index is 1.21. The summed E-state index contributed by atoms with van der Waals surface area (Å²) in [7, 11) is 0. The molecule has 0 nitrogen and oxygen atoms in total. The van der Waals surface area contributed by atoms with Gasteiger partial charge in [-0.2, -0.15) is 0 Å². The SMILES string of the molecule is CCCCCc1ccsc1-c1ccc(-c2ccc(-c3sccc3CCCCC)s2)s1. The highest BCUT2D eigenvalue weighted by Crippen LogP contribution is 2.44. The van der Waals surface area contributed by atoms with Gasteiger partial charge in [-0.25, -0.2) is 0 Å². The minimum Gasteiger partial charge on any atom is -0.143 e. The van der Waals surface area contributed by atoms with Crippen LogP contribution in [0.3, 0.4) is 0 Å². The molecule has 0 aliphatic carbocycles. The van der Waals surface area contributed by atoms with E-state index in [1.807, 2.05) is 45.3 Å². The van der Waals surface area contributed by atoms with Crippen LogP contribution in [-0.4, -0.2) is 0 Å². The Morgan fingerprint density at radius 2 is 0.967 bits per heavy atom. The molecule has 30 heavy (non-hydrogen) atoms. The molecule has 0 saturated heterocycles. The van der Waals surface area contributed by atoms with Gasteiger partial charge in [-0.15, -0.1) is 45.3 Å². The van der Waals surface area contributed by atoms with Crippen molar-refractivity contribution in [1.82, 2.24) is 0 Å². The number of thiophene rings is 4. The first-order valence-corrected chi connectivity index (χ1v) is 14.5. The summed E-state index contributed by atoms with van der Waals surface area (Å²) in [6.07, 6.45) is 10.2. The van der Waals surface area contributed by atoms with Crippen molar-refractivity contribution in [2.75, 3.05) is 0 Å². The zero-order chi connectivity index (χ0) is 20.8. The summed E-state index contributed by atoms with van der Waals surface area (Å²) >= 11 is 7.70. The average Bonchev–Trinajstić information content (AvgIpc) is 3.53. The summed E-state index contributed by atoms with van der Waals surface area (Å²) in [4.78, 5) is 8.62. The van der Waals surface area contributed by atoms with Crippen LogP contribution in [-0.2, 0) is 12.8 Å². The zero-order valence-corrected chi connectivity index (χ0v) is 21.2. The van der Waals surface area contributed by atoms with E-state index in [0.717, 1.165) is 0 Å². The van der Waals surface area contributed by atoms with E-state index < -0.39 is 0 Å². The lowest BCUT2D eigenvalue weighted by Crippen LogP contribution is -1.84. The first-order valence-electron chi connectivity index (χ1n) is 11.1. The standard InChI is InChI=1S/C26H30S4/c1-3-5-7-9-19-15-17-27-25(19)23-13-11-21(29-23)22-12-14-24(30-22)26-20(16-18-28-26)10-8-6-4-2/h11-18H,3-10H2,1-2H3. The molecule has 0 radical (unpaired) electrons. The lowest BCUT2D eigenvalue weighted by Gasteiger charge is -2.01. The van der Waals surface area contributed by atoms with Crippen molar-refractivity contribution >= 4 is 45.3 Å². The van der Waals surface area contributed by atoms with Gasteiger partial charge in [0, 0.05) is 29.3 Å². The molecule has 0 fully saturated rings. The van der Waals surface area contributed by atoms with Crippen molar-refractivity contribution in [3.63, 3.8) is 0 Å². The van der Waals surface area contributed by atoms with Crippen LogP contribution in [0.2, 0.25) is 0 Å². The van der Waals surface area contributed by atoms with Gasteiger partial charge >= 0.3 is 0 Å². The van der Waals surface area contributed by atoms with Gasteiger partial charge in [-0.05, 0) is 84.0 Å². The van der Waals surface area contributed by atoms with Crippen LogP contribution >= 0.6 is 45.3 Å². The Balaban J connectivity index is 1.50. The number of aryl methyl sites for hydroxylation is 2. The van der Waals surface area contributed by atoms with Gasteiger partial charge in [-0.3, -0.25) is 0 Å². The van der Waals surface area contributed by atoms with Crippen molar-refractivity contribution in [3.8, 4) is 29.3 Å². The highest BCUT2D eigenvalue weighted by molar-refractivity contribution is 7.28. The fourth-order valence-electron chi connectivity index (χ4n) is 3.81. The molecular formula is C26H30S4. The fraction of sp³-hybridized carbons (Fsp3) is 0.385. The smallest absolute Gasteiger partial charge is 0.0474 e. The summed E-state index contributed by atoms with van der Waals surface area (Å²) in [6.45, 7) is 4.55. The largest absolute Gasteiger partial charge is 0.143 e. The van der Waals surface area contributed by atoms with Crippen molar-refractivity contribution in [2.24, 2.45) is 0 Å². The molecular weight excluding hydrogens is 441 g/mol. The summed E-state index contributed by atoms with van der Waals surface area (Å²) in [5.74, 6) is 0. The van der Waals surface area contributed by atoms with Gasteiger partial charge in [-0.1, -0.05) is 39.5 Å². The topological polar surface area (TPSA) is 0 Å². The van der Waals surface area contributed by atoms with E-state index in [2.05, 4.69) is 61.0 Å². The molecule has 0 amide bonds. The number of unbranched alkanes of at least 4 members (excludes halogenated alkanes) is 4. The molecule has 0 atom stereocenters. The van der Waals surface area contributed by atoms with Crippen LogP contribution in [0.5, 0.6) is 0 Å². The third-order valence-electron chi connectivity index (χ3n) is 5.50. The second kappa shape index (κ2) is 10.9. The highest BCUT2D eigenvalue weighted by atomic mass is 32.1. The first kappa shape index (κ1) is 22.0. The Morgan fingerprint density at radius 1 is 0.533 bits per heavy atom. The van der Waals surface area contributed by atoms with E-state index in [-0.39, 0.29) is 0 Å². The third kappa shape index (κ3) is 5.16.